The summed E-state index contributed by atoms with van der Waals surface area (Å²) in [6.07, 6.45) is 0. The summed E-state index contributed by atoms with van der Waals surface area (Å²) in [6, 6.07) is 7.90. The SMILES string of the molecule is CC(C)C(NS(=O)(=O)c1ccc2c(c1)oc1cc(C(=N)NO)ccc12)C(=O)O. The third-order valence-electron chi connectivity index (χ3n) is 4.37. The first-order valence-electron chi connectivity index (χ1n) is 8.34. The third-order valence-corrected chi connectivity index (χ3v) is 5.81. The highest BCUT2D eigenvalue weighted by molar-refractivity contribution is 7.89. The van der Waals surface area contributed by atoms with E-state index in [0.29, 0.717) is 27.5 Å². The molecule has 0 spiro atoms. The van der Waals surface area contributed by atoms with Gasteiger partial charge >= 0.3 is 5.97 Å². The summed E-state index contributed by atoms with van der Waals surface area (Å²) in [6.45, 7) is 3.22. The van der Waals surface area contributed by atoms with Crippen molar-refractivity contribution in [2.24, 2.45) is 5.92 Å². The van der Waals surface area contributed by atoms with Crippen LogP contribution in [0.1, 0.15) is 19.4 Å². The molecule has 10 heteroatoms. The van der Waals surface area contributed by atoms with E-state index in [1.807, 2.05) is 0 Å². The minimum Gasteiger partial charge on any atom is -0.480 e. The van der Waals surface area contributed by atoms with Crippen LogP contribution in [0.15, 0.2) is 45.7 Å². The zero-order valence-electron chi connectivity index (χ0n) is 15.1. The molecule has 0 saturated heterocycles. The molecule has 0 saturated carbocycles. The Hall–Kier alpha value is -2.95. The van der Waals surface area contributed by atoms with Gasteiger partial charge in [-0.2, -0.15) is 4.72 Å². The number of carboxylic acid groups (broad SMARTS) is 1. The standard InChI is InChI=1S/C18H19N3O6S/c1-9(2)16(18(22)23)21-28(25,26)11-4-6-13-12-5-3-10(17(19)20-24)7-14(12)27-15(13)8-11/h3-9,16,21,24H,1-2H3,(H2,19,20)(H,22,23). The highest BCUT2D eigenvalue weighted by Crippen LogP contribution is 2.31. The molecule has 3 rings (SSSR count). The van der Waals surface area contributed by atoms with E-state index in [1.165, 1.54) is 12.1 Å². The molecule has 2 aromatic carbocycles. The maximum absolute atomic E-state index is 12.6. The number of hydroxylamine groups is 1. The molecule has 28 heavy (non-hydrogen) atoms. The first kappa shape index (κ1) is 19.8. The van der Waals surface area contributed by atoms with Crippen molar-refractivity contribution in [1.29, 1.82) is 5.41 Å². The molecule has 9 nitrogen and oxygen atoms in total. The number of aliphatic carboxylic acids is 1. The first-order chi connectivity index (χ1) is 13.1. The van der Waals surface area contributed by atoms with Gasteiger partial charge in [-0.3, -0.25) is 20.9 Å². The Morgan fingerprint density at radius 3 is 2.29 bits per heavy atom. The molecule has 1 aromatic heterocycles. The van der Waals surface area contributed by atoms with Gasteiger partial charge in [0.15, 0.2) is 0 Å². The molecule has 0 bridgehead atoms. The summed E-state index contributed by atoms with van der Waals surface area (Å²) in [7, 11) is -4.07. The molecule has 0 aliphatic rings. The zero-order valence-corrected chi connectivity index (χ0v) is 15.9. The van der Waals surface area contributed by atoms with E-state index >= 15 is 0 Å². The van der Waals surface area contributed by atoms with Crippen molar-refractivity contribution in [3.8, 4) is 0 Å². The highest BCUT2D eigenvalue weighted by atomic mass is 32.2. The average Bonchev–Trinajstić information content (AvgIpc) is 3.01. The van der Waals surface area contributed by atoms with Gasteiger partial charge in [0.2, 0.25) is 10.0 Å². The summed E-state index contributed by atoms with van der Waals surface area (Å²) in [5.41, 5.74) is 2.86. The van der Waals surface area contributed by atoms with Gasteiger partial charge in [0.25, 0.3) is 0 Å². The summed E-state index contributed by atoms with van der Waals surface area (Å²) in [5, 5.41) is 27.1. The minimum atomic E-state index is -4.07. The fraction of sp³-hybridized carbons (Fsp3) is 0.222. The van der Waals surface area contributed by atoms with Crippen molar-refractivity contribution in [3.05, 3.63) is 42.0 Å². The van der Waals surface area contributed by atoms with E-state index in [1.54, 1.807) is 43.6 Å². The molecule has 5 N–H and O–H groups in total. The van der Waals surface area contributed by atoms with Crippen LogP contribution in [-0.2, 0) is 14.8 Å². The molecule has 0 aliphatic heterocycles. The van der Waals surface area contributed by atoms with E-state index in [4.69, 9.17) is 15.0 Å². The number of hydrogen-bond acceptors (Lipinski definition) is 6. The first-order valence-corrected chi connectivity index (χ1v) is 9.83. The predicted molar refractivity (Wildman–Crippen MR) is 102 cm³/mol. The number of rotatable bonds is 6. The van der Waals surface area contributed by atoms with E-state index in [9.17, 15) is 18.3 Å². The van der Waals surface area contributed by atoms with Crippen molar-refractivity contribution < 1.29 is 27.9 Å². The summed E-state index contributed by atoms with van der Waals surface area (Å²) >= 11 is 0. The van der Waals surface area contributed by atoms with E-state index in [0.717, 1.165) is 0 Å². The fourth-order valence-electron chi connectivity index (χ4n) is 2.85. The van der Waals surface area contributed by atoms with Gasteiger partial charge in [-0.05, 0) is 30.2 Å². The molecule has 3 aromatic rings. The van der Waals surface area contributed by atoms with Gasteiger partial charge in [0.1, 0.15) is 23.0 Å². The number of hydrogen-bond donors (Lipinski definition) is 5. The Balaban J connectivity index is 2.05. The molecule has 148 valence electrons. The normalized spacial score (nSPS) is 13.1. The van der Waals surface area contributed by atoms with Crippen LogP contribution in [0.4, 0.5) is 0 Å². The maximum atomic E-state index is 12.6. The van der Waals surface area contributed by atoms with Gasteiger partial charge in [-0.25, -0.2) is 8.42 Å². The van der Waals surface area contributed by atoms with Crippen LogP contribution < -0.4 is 10.2 Å². The van der Waals surface area contributed by atoms with Crippen molar-refractivity contribution in [3.63, 3.8) is 0 Å². The van der Waals surface area contributed by atoms with Crippen LogP contribution in [-0.4, -0.2) is 36.6 Å². The van der Waals surface area contributed by atoms with E-state index in [-0.39, 0.29) is 10.7 Å². The number of furan rings is 1. The fourth-order valence-corrected chi connectivity index (χ4v) is 4.20. The van der Waals surface area contributed by atoms with Crippen LogP contribution in [0.2, 0.25) is 0 Å². The number of sulfonamides is 1. The molecule has 0 amide bonds. The van der Waals surface area contributed by atoms with E-state index < -0.39 is 28.0 Å². The summed E-state index contributed by atoms with van der Waals surface area (Å²) in [4.78, 5) is 11.2. The van der Waals surface area contributed by atoms with Crippen LogP contribution in [0.3, 0.4) is 0 Å². The monoisotopic (exact) mass is 405 g/mol. The van der Waals surface area contributed by atoms with Crippen molar-refractivity contribution in [2.45, 2.75) is 24.8 Å². The Morgan fingerprint density at radius 2 is 1.71 bits per heavy atom. The largest absolute Gasteiger partial charge is 0.480 e. The molecule has 0 aliphatic carbocycles. The minimum absolute atomic E-state index is 0.115. The van der Waals surface area contributed by atoms with Crippen molar-refractivity contribution in [1.82, 2.24) is 10.2 Å². The van der Waals surface area contributed by atoms with Gasteiger partial charge in [0, 0.05) is 22.4 Å². The van der Waals surface area contributed by atoms with Gasteiger partial charge < -0.3 is 9.52 Å². The third kappa shape index (κ3) is 3.57. The maximum Gasteiger partial charge on any atom is 0.322 e. The molecular formula is C18H19N3O6S. The molecule has 1 atom stereocenters. The predicted octanol–water partition coefficient (Wildman–Crippen LogP) is 2.28. The van der Waals surface area contributed by atoms with E-state index in [2.05, 4.69) is 4.72 Å². The lowest BCUT2D eigenvalue weighted by Crippen LogP contribution is -2.44. The second-order valence-corrected chi connectivity index (χ2v) is 8.35. The van der Waals surface area contributed by atoms with Crippen molar-refractivity contribution in [2.75, 3.05) is 0 Å². The van der Waals surface area contributed by atoms with Gasteiger partial charge in [-0.15, -0.1) is 0 Å². The summed E-state index contributed by atoms with van der Waals surface area (Å²) in [5.74, 6) is -1.89. The van der Waals surface area contributed by atoms with Gasteiger partial charge in [-0.1, -0.05) is 19.9 Å². The van der Waals surface area contributed by atoms with Crippen LogP contribution in [0.25, 0.3) is 21.9 Å². The van der Waals surface area contributed by atoms with Crippen LogP contribution >= 0.6 is 0 Å². The summed E-state index contributed by atoms with van der Waals surface area (Å²) < 4.78 is 33.1. The molecule has 0 fully saturated rings. The average molecular weight is 405 g/mol. The number of benzene rings is 2. The Labute approximate surface area is 160 Å². The highest BCUT2D eigenvalue weighted by Gasteiger charge is 2.28. The van der Waals surface area contributed by atoms with Crippen LogP contribution in [0, 0.1) is 11.3 Å². The lowest BCUT2D eigenvalue weighted by Gasteiger charge is -2.17. The Bertz CT molecular complexity index is 1180. The number of amidine groups is 1. The van der Waals surface area contributed by atoms with Gasteiger partial charge in [0.05, 0.1) is 4.90 Å². The molecular weight excluding hydrogens is 386 g/mol. The lowest BCUT2D eigenvalue weighted by molar-refractivity contribution is -0.140. The number of carboxylic acids is 1. The number of nitrogens with one attached hydrogen (secondary N) is 3. The molecule has 1 unspecified atom stereocenters. The number of fused-ring (bicyclic) bond motifs is 3. The second-order valence-electron chi connectivity index (χ2n) is 6.64. The van der Waals surface area contributed by atoms with Crippen LogP contribution in [0.5, 0.6) is 0 Å². The second kappa shape index (κ2) is 7.23. The topological polar surface area (TPSA) is 153 Å². The molecule has 0 radical (unpaired) electrons. The number of carbonyl (C=O) groups is 1. The Kier molecular flexibility index (Phi) is 5.11. The molecule has 1 heterocycles. The lowest BCUT2D eigenvalue weighted by atomic mass is 10.1. The quantitative estimate of drug-likeness (QED) is 0.239. The Morgan fingerprint density at radius 1 is 1.11 bits per heavy atom. The van der Waals surface area contributed by atoms with Crippen molar-refractivity contribution >= 4 is 43.8 Å². The zero-order chi connectivity index (χ0) is 20.6. The smallest absolute Gasteiger partial charge is 0.322 e.